The van der Waals surface area contributed by atoms with Gasteiger partial charge in [-0.3, -0.25) is 14.2 Å². The summed E-state index contributed by atoms with van der Waals surface area (Å²) in [5, 5.41) is 3.59. The van der Waals surface area contributed by atoms with Crippen molar-refractivity contribution < 1.29 is 46.9 Å². The van der Waals surface area contributed by atoms with Crippen molar-refractivity contribution in [1.82, 2.24) is 4.90 Å². The SMILES string of the molecule is CCOP(=O)(OCC)C(C(=O)OCc1ccccc1)N1C(=O)[C@@H](N=[N+]=[N-])[C@H]1CCC1(COC(C)=O)OCCO1. The number of likely N-dealkylation sites (tertiary alicyclic amines) is 1. The molecule has 3 atom stereocenters. The monoisotopic (exact) mass is 568 g/mol. The molecular weight excluding hydrogens is 535 g/mol. The maximum atomic E-state index is 13.9. The molecule has 14 nitrogen and oxygen atoms in total. The molecule has 0 N–H and O–H groups in total. The first-order valence-corrected chi connectivity index (χ1v) is 14.2. The maximum absolute atomic E-state index is 13.9. The molecule has 39 heavy (non-hydrogen) atoms. The third kappa shape index (κ3) is 7.36. The molecule has 2 aliphatic rings. The van der Waals surface area contributed by atoms with Gasteiger partial charge in [0.05, 0.1) is 32.5 Å². The van der Waals surface area contributed by atoms with E-state index in [2.05, 4.69) is 10.0 Å². The number of esters is 2. The first-order valence-electron chi connectivity index (χ1n) is 12.6. The van der Waals surface area contributed by atoms with Crippen molar-refractivity contribution in [2.45, 2.75) is 63.9 Å². The number of hydrogen-bond acceptors (Lipinski definition) is 11. The zero-order chi connectivity index (χ0) is 28.5. The van der Waals surface area contributed by atoms with E-state index in [0.29, 0.717) is 5.56 Å². The van der Waals surface area contributed by atoms with E-state index in [1.54, 1.807) is 44.2 Å². The summed E-state index contributed by atoms with van der Waals surface area (Å²) in [5.74, 6) is -5.30. The summed E-state index contributed by atoms with van der Waals surface area (Å²) >= 11 is 0. The quantitative estimate of drug-likeness (QED) is 0.0762. The van der Waals surface area contributed by atoms with E-state index in [0.717, 1.165) is 4.90 Å². The largest absolute Gasteiger partial charge is 0.460 e. The van der Waals surface area contributed by atoms with Gasteiger partial charge in [0, 0.05) is 18.3 Å². The van der Waals surface area contributed by atoms with Crippen LogP contribution in [0.15, 0.2) is 35.4 Å². The normalized spacial score (nSPS) is 21.0. The molecule has 3 rings (SSSR count). The van der Waals surface area contributed by atoms with Crippen LogP contribution in [0.2, 0.25) is 0 Å². The fourth-order valence-electron chi connectivity index (χ4n) is 4.44. The molecule has 0 spiro atoms. The number of amides is 1. The van der Waals surface area contributed by atoms with Crippen LogP contribution in [0.4, 0.5) is 0 Å². The van der Waals surface area contributed by atoms with Gasteiger partial charge in [-0.25, -0.2) is 4.79 Å². The van der Waals surface area contributed by atoms with E-state index in [-0.39, 0.29) is 52.5 Å². The summed E-state index contributed by atoms with van der Waals surface area (Å²) in [7, 11) is -4.28. The number of hydrogen-bond donors (Lipinski definition) is 0. The molecule has 0 aromatic heterocycles. The Morgan fingerprint density at radius 3 is 2.38 bits per heavy atom. The Kier molecular flexibility index (Phi) is 10.9. The maximum Gasteiger partial charge on any atom is 0.364 e. The summed E-state index contributed by atoms with van der Waals surface area (Å²) in [4.78, 5) is 41.9. The molecule has 1 unspecified atom stereocenters. The second kappa shape index (κ2) is 13.9. The van der Waals surface area contributed by atoms with Crippen molar-refractivity contribution in [1.29, 1.82) is 0 Å². The van der Waals surface area contributed by atoms with Crippen molar-refractivity contribution in [2.75, 3.05) is 33.0 Å². The van der Waals surface area contributed by atoms with Crippen molar-refractivity contribution in [2.24, 2.45) is 5.11 Å². The number of nitrogens with zero attached hydrogens (tertiary/aromatic N) is 4. The fraction of sp³-hybridized carbons (Fsp3) is 0.625. The first-order chi connectivity index (χ1) is 18.7. The van der Waals surface area contributed by atoms with E-state index < -0.39 is 49.1 Å². The lowest BCUT2D eigenvalue weighted by Gasteiger charge is -2.49. The van der Waals surface area contributed by atoms with Crippen LogP contribution in [-0.2, 0) is 53.6 Å². The molecule has 2 aliphatic heterocycles. The van der Waals surface area contributed by atoms with Gasteiger partial charge in [0.2, 0.25) is 17.5 Å². The van der Waals surface area contributed by atoms with Gasteiger partial charge in [-0.2, -0.15) is 0 Å². The van der Waals surface area contributed by atoms with Gasteiger partial charge in [0.25, 0.3) is 0 Å². The average molecular weight is 569 g/mol. The third-order valence-electron chi connectivity index (χ3n) is 6.15. The summed E-state index contributed by atoms with van der Waals surface area (Å²) < 4.78 is 46.8. The minimum Gasteiger partial charge on any atom is -0.460 e. The zero-order valence-electron chi connectivity index (χ0n) is 22.1. The predicted molar refractivity (Wildman–Crippen MR) is 135 cm³/mol. The summed E-state index contributed by atoms with van der Waals surface area (Å²) in [6, 6.07) is 6.73. The lowest BCUT2D eigenvalue weighted by Crippen LogP contribution is -2.68. The molecule has 1 aromatic rings. The highest BCUT2D eigenvalue weighted by molar-refractivity contribution is 7.55. The molecule has 0 saturated carbocycles. The lowest BCUT2D eigenvalue weighted by molar-refractivity contribution is -0.204. The standard InChI is InChI=1S/C24H33N4O10P/c1-4-37-39(32,38-5-2)22(23(31)33-15-18-9-7-6-8-10-18)28-19(20(21(28)30)26-27-25)11-12-24(16-34-17(3)29)35-13-14-36-24/h6-10,19-20,22H,4-5,11-16H2,1-3H3/t19-,20+,22?/m1/s1. The van der Waals surface area contributed by atoms with Crippen molar-refractivity contribution in [3.05, 3.63) is 46.3 Å². The van der Waals surface area contributed by atoms with E-state index >= 15 is 0 Å². The molecule has 2 saturated heterocycles. The zero-order valence-corrected chi connectivity index (χ0v) is 23.0. The number of azide groups is 1. The molecule has 0 bridgehead atoms. The van der Waals surface area contributed by atoms with E-state index in [1.165, 1.54) is 6.92 Å². The molecule has 2 heterocycles. The van der Waals surface area contributed by atoms with Crippen LogP contribution in [0.1, 0.15) is 39.2 Å². The molecule has 214 valence electrons. The molecule has 15 heteroatoms. The predicted octanol–water partition coefficient (Wildman–Crippen LogP) is 3.30. The van der Waals surface area contributed by atoms with E-state index in [1.807, 2.05) is 0 Å². The minimum atomic E-state index is -4.28. The average Bonchev–Trinajstić information content (AvgIpc) is 3.39. The molecular formula is C24H33N4O10P. The van der Waals surface area contributed by atoms with Gasteiger partial charge in [0.1, 0.15) is 19.3 Å². The highest BCUT2D eigenvalue weighted by atomic mass is 31.2. The number of benzene rings is 1. The van der Waals surface area contributed by atoms with Crippen LogP contribution in [0.3, 0.4) is 0 Å². The number of rotatable bonds is 15. The Balaban J connectivity index is 1.91. The molecule has 1 amide bonds. The topological polar surface area (TPSA) is 176 Å². The smallest absolute Gasteiger partial charge is 0.364 e. The Morgan fingerprint density at radius 2 is 1.82 bits per heavy atom. The Morgan fingerprint density at radius 1 is 1.18 bits per heavy atom. The van der Waals surface area contributed by atoms with Crippen molar-refractivity contribution in [3.8, 4) is 0 Å². The number of ether oxygens (including phenoxy) is 4. The number of β-lactam (4-membered cyclic amide) rings is 1. The van der Waals surface area contributed by atoms with Crippen LogP contribution < -0.4 is 0 Å². The fourth-order valence-corrected chi connectivity index (χ4v) is 6.44. The third-order valence-corrected chi connectivity index (χ3v) is 8.45. The van der Waals surface area contributed by atoms with E-state index in [4.69, 9.17) is 33.5 Å². The summed E-state index contributed by atoms with van der Waals surface area (Å²) in [6.45, 7) is 4.42. The van der Waals surface area contributed by atoms with E-state index in [9.17, 15) is 18.9 Å². The lowest BCUT2D eigenvalue weighted by atomic mass is 9.89. The minimum absolute atomic E-state index is 0.0700. The Hall–Kier alpha value is -2.99. The Labute approximate surface area is 226 Å². The van der Waals surface area contributed by atoms with Crippen molar-refractivity contribution >= 4 is 25.4 Å². The second-order valence-electron chi connectivity index (χ2n) is 8.73. The van der Waals surface area contributed by atoms with Gasteiger partial charge in [-0.05, 0) is 31.4 Å². The van der Waals surface area contributed by atoms with Crippen LogP contribution >= 0.6 is 7.60 Å². The highest BCUT2D eigenvalue weighted by Gasteiger charge is 2.59. The first kappa shape index (κ1) is 30.6. The highest BCUT2D eigenvalue weighted by Crippen LogP contribution is 2.57. The van der Waals surface area contributed by atoms with Gasteiger partial charge in [-0.15, -0.1) is 0 Å². The second-order valence-corrected chi connectivity index (χ2v) is 10.8. The van der Waals surface area contributed by atoms with Crippen LogP contribution in [-0.4, -0.2) is 79.4 Å². The summed E-state index contributed by atoms with van der Waals surface area (Å²) in [6.07, 6.45) is 0.183. The van der Waals surface area contributed by atoms with Gasteiger partial charge in [-0.1, -0.05) is 35.4 Å². The molecule has 0 radical (unpaired) electrons. The number of carbonyl (C=O) groups excluding carboxylic acids is 3. The van der Waals surface area contributed by atoms with Crippen LogP contribution in [0.5, 0.6) is 0 Å². The van der Waals surface area contributed by atoms with Crippen LogP contribution in [0, 0.1) is 0 Å². The Bertz CT molecular complexity index is 1100. The van der Waals surface area contributed by atoms with Crippen molar-refractivity contribution in [3.63, 3.8) is 0 Å². The van der Waals surface area contributed by atoms with Gasteiger partial charge < -0.3 is 32.9 Å². The van der Waals surface area contributed by atoms with Gasteiger partial charge >= 0.3 is 19.5 Å². The molecule has 0 aliphatic carbocycles. The number of carbonyl (C=O) groups is 3. The van der Waals surface area contributed by atoms with Gasteiger partial charge in [0.15, 0.2) is 0 Å². The summed E-state index contributed by atoms with van der Waals surface area (Å²) in [5.41, 5.74) is 9.75. The molecule has 2 fully saturated rings. The van der Waals surface area contributed by atoms with Crippen LogP contribution in [0.25, 0.3) is 10.4 Å². The molecule has 1 aromatic carbocycles.